The molecule has 4 nitrogen and oxygen atoms in total. The minimum absolute atomic E-state index is 0.0163. The highest BCUT2D eigenvalue weighted by atomic mass is 16.2. The molecule has 1 heterocycles. The lowest BCUT2D eigenvalue weighted by Gasteiger charge is -2.28. The minimum Gasteiger partial charge on any atom is -0.359 e. The van der Waals surface area contributed by atoms with Crippen molar-refractivity contribution < 1.29 is 4.79 Å². The van der Waals surface area contributed by atoms with Crippen LogP contribution in [-0.4, -0.2) is 31.6 Å². The predicted molar refractivity (Wildman–Crippen MR) is 85.5 cm³/mol. The molecule has 114 valence electrons. The number of likely N-dealkylation sites (N-methyl/N-ethyl adjacent to an activating group) is 1. The maximum atomic E-state index is 12.1. The second kappa shape index (κ2) is 6.06. The van der Waals surface area contributed by atoms with Gasteiger partial charge in [0.05, 0.1) is 0 Å². The topological polar surface area (TPSA) is 44.4 Å². The Morgan fingerprint density at radius 3 is 2.86 bits per heavy atom. The van der Waals surface area contributed by atoms with Crippen molar-refractivity contribution in [2.45, 2.75) is 51.2 Å². The average Bonchev–Trinajstić information content (AvgIpc) is 3.20. The smallest absolute Gasteiger partial charge is 0.242 e. The maximum Gasteiger partial charge on any atom is 0.242 e. The number of benzene rings is 1. The first-order valence-electron chi connectivity index (χ1n) is 8.00. The van der Waals surface area contributed by atoms with Gasteiger partial charge in [0.15, 0.2) is 0 Å². The molecular weight excluding hydrogens is 262 g/mol. The zero-order chi connectivity index (χ0) is 14.8. The number of nitrogens with zero attached hydrogens (tertiary/aromatic N) is 1. The predicted octanol–water partition coefficient (Wildman–Crippen LogP) is 1.96. The van der Waals surface area contributed by atoms with Gasteiger partial charge in [0, 0.05) is 31.9 Å². The maximum absolute atomic E-state index is 12.1. The lowest BCUT2D eigenvalue weighted by molar-refractivity contribution is -0.121. The standard InChI is InChI=1S/C17H25N3O/c1-12-5-8-15(13(10-12)11-19-14-6-7-14)20-9-3-4-16(20)17(21)18-2/h5,8,10,14,16,19H,3-4,6-7,9,11H2,1-2H3,(H,18,21). The monoisotopic (exact) mass is 287 g/mol. The van der Waals surface area contributed by atoms with E-state index in [2.05, 4.69) is 40.7 Å². The number of hydrogen-bond acceptors (Lipinski definition) is 3. The van der Waals surface area contributed by atoms with E-state index in [0.29, 0.717) is 6.04 Å². The molecule has 3 rings (SSSR count). The largest absolute Gasteiger partial charge is 0.359 e. The van der Waals surface area contributed by atoms with Crippen molar-refractivity contribution in [1.82, 2.24) is 10.6 Å². The van der Waals surface area contributed by atoms with Gasteiger partial charge in [-0.1, -0.05) is 17.7 Å². The molecule has 1 aliphatic heterocycles. The van der Waals surface area contributed by atoms with Crippen molar-refractivity contribution in [2.24, 2.45) is 0 Å². The van der Waals surface area contributed by atoms with Gasteiger partial charge in [0.1, 0.15) is 6.04 Å². The zero-order valence-corrected chi connectivity index (χ0v) is 13.0. The van der Waals surface area contributed by atoms with Crippen molar-refractivity contribution in [3.8, 4) is 0 Å². The summed E-state index contributed by atoms with van der Waals surface area (Å²) in [6.07, 6.45) is 4.63. The third-order valence-corrected chi connectivity index (χ3v) is 4.50. The quantitative estimate of drug-likeness (QED) is 0.870. The normalized spacial score (nSPS) is 21.6. The van der Waals surface area contributed by atoms with Crippen molar-refractivity contribution in [2.75, 3.05) is 18.5 Å². The fraction of sp³-hybridized carbons (Fsp3) is 0.588. The molecular formula is C17H25N3O. The first-order chi connectivity index (χ1) is 10.2. The van der Waals surface area contributed by atoms with E-state index in [0.717, 1.165) is 25.9 Å². The molecule has 0 aromatic heterocycles. The van der Waals surface area contributed by atoms with Crippen LogP contribution in [0.2, 0.25) is 0 Å². The summed E-state index contributed by atoms with van der Waals surface area (Å²) in [6, 6.07) is 7.27. The van der Waals surface area contributed by atoms with E-state index in [1.165, 1.54) is 29.7 Å². The zero-order valence-electron chi connectivity index (χ0n) is 13.0. The molecule has 0 spiro atoms. The number of carbonyl (C=O) groups is 1. The van der Waals surface area contributed by atoms with Crippen LogP contribution in [0.4, 0.5) is 5.69 Å². The molecule has 1 aromatic rings. The van der Waals surface area contributed by atoms with Crippen LogP contribution in [0.25, 0.3) is 0 Å². The van der Waals surface area contributed by atoms with Crippen molar-refractivity contribution in [3.05, 3.63) is 29.3 Å². The third-order valence-electron chi connectivity index (χ3n) is 4.50. The molecule has 1 saturated carbocycles. The molecule has 2 N–H and O–H groups in total. The van der Waals surface area contributed by atoms with Gasteiger partial charge < -0.3 is 15.5 Å². The van der Waals surface area contributed by atoms with Crippen molar-refractivity contribution in [3.63, 3.8) is 0 Å². The first kappa shape index (κ1) is 14.4. The molecule has 1 atom stereocenters. The van der Waals surface area contributed by atoms with Crippen LogP contribution in [0.15, 0.2) is 18.2 Å². The molecule has 21 heavy (non-hydrogen) atoms. The summed E-state index contributed by atoms with van der Waals surface area (Å²) in [5.41, 5.74) is 3.82. The van der Waals surface area contributed by atoms with Crippen LogP contribution in [0, 0.1) is 6.92 Å². The third kappa shape index (κ3) is 3.21. The van der Waals surface area contributed by atoms with Gasteiger partial charge in [-0.25, -0.2) is 0 Å². The van der Waals surface area contributed by atoms with Crippen LogP contribution < -0.4 is 15.5 Å². The summed E-state index contributed by atoms with van der Waals surface area (Å²) in [7, 11) is 1.73. The van der Waals surface area contributed by atoms with Gasteiger partial charge in [0.2, 0.25) is 5.91 Å². The second-order valence-electron chi connectivity index (χ2n) is 6.25. The Labute approximate surface area is 126 Å². The highest BCUT2D eigenvalue weighted by Gasteiger charge is 2.31. The molecule has 0 bridgehead atoms. The minimum atomic E-state index is -0.0163. The van der Waals surface area contributed by atoms with Gasteiger partial charge in [-0.2, -0.15) is 0 Å². The fourth-order valence-corrected chi connectivity index (χ4v) is 3.17. The summed E-state index contributed by atoms with van der Waals surface area (Å²) in [5, 5.41) is 6.40. The van der Waals surface area contributed by atoms with Gasteiger partial charge in [-0.15, -0.1) is 0 Å². The number of nitrogens with one attached hydrogen (secondary N) is 2. The van der Waals surface area contributed by atoms with Crippen LogP contribution in [0.1, 0.15) is 36.8 Å². The van der Waals surface area contributed by atoms with E-state index >= 15 is 0 Å². The van der Waals surface area contributed by atoms with Gasteiger partial charge >= 0.3 is 0 Å². The lowest BCUT2D eigenvalue weighted by atomic mass is 10.1. The molecule has 1 saturated heterocycles. The van der Waals surface area contributed by atoms with Gasteiger partial charge in [0.25, 0.3) is 0 Å². The Kier molecular flexibility index (Phi) is 4.15. The Balaban J connectivity index is 1.83. The fourth-order valence-electron chi connectivity index (χ4n) is 3.17. The Morgan fingerprint density at radius 2 is 2.14 bits per heavy atom. The SMILES string of the molecule is CNC(=O)C1CCCN1c1ccc(C)cc1CNC1CC1. The number of hydrogen-bond donors (Lipinski definition) is 2. The molecule has 1 aromatic carbocycles. The second-order valence-corrected chi connectivity index (χ2v) is 6.25. The molecule has 2 fully saturated rings. The molecule has 1 aliphatic carbocycles. The summed E-state index contributed by atoms with van der Waals surface area (Å²) >= 11 is 0. The van der Waals surface area contributed by atoms with E-state index in [4.69, 9.17) is 0 Å². The van der Waals surface area contributed by atoms with Crippen LogP contribution >= 0.6 is 0 Å². The van der Waals surface area contributed by atoms with E-state index in [1.54, 1.807) is 7.05 Å². The Morgan fingerprint density at radius 1 is 1.33 bits per heavy atom. The average molecular weight is 287 g/mol. The number of amides is 1. The number of aryl methyl sites for hydroxylation is 1. The van der Waals surface area contributed by atoms with Crippen LogP contribution in [0.5, 0.6) is 0 Å². The van der Waals surface area contributed by atoms with Gasteiger partial charge in [-0.05, 0) is 44.2 Å². The summed E-state index contributed by atoms with van der Waals surface area (Å²) in [4.78, 5) is 14.4. The van der Waals surface area contributed by atoms with Gasteiger partial charge in [-0.3, -0.25) is 4.79 Å². The number of rotatable bonds is 5. The highest BCUT2D eigenvalue weighted by Crippen LogP contribution is 2.30. The number of carbonyl (C=O) groups excluding carboxylic acids is 1. The van der Waals surface area contributed by atoms with E-state index in [1.807, 2.05) is 0 Å². The Hall–Kier alpha value is -1.55. The van der Waals surface area contributed by atoms with Crippen LogP contribution in [-0.2, 0) is 11.3 Å². The van der Waals surface area contributed by atoms with Crippen molar-refractivity contribution in [1.29, 1.82) is 0 Å². The lowest BCUT2D eigenvalue weighted by Crippen LogP contribution is -2.42. The highest BCUT2D eigenvalue weighted by molar-refractivity contribution is 5.86. The molecule has 0 radical (unpaired) electrons. The summed E-state index contributed by atoms with van der Waals surface area (Å²) in [6.45, 7) is 4.00. The molecule has 4 heteroatoms. The van der Waals surface area contributed by atoms with Crippen LogP contribution in [0.3, 0.4) is 0 Å². The molecule has 1 unspecified atom stereocenters. The van der Waals surface area contributed by atoms with E-state index in [-0.39, 0.29) is 11.9 Å². The Bertz CT molecular complexity index is 525. The molecule has 2 aliphatic rings. The van der Waals surface area contributed by atoms with E-state index < -0.39 is 0 Å². The van der Waals surface area contributed by atoms with E-state index in [9.17, 15) is 4.79 Å². The summed E-state index contributed by atoms with van der Waals surface area (Å²) < 4.78 is 0. The summed E-state index contributed by atoms with van der Waals surface area (Å²) in [5.74, 6) is 0.133. The van der Waals surface area contributed by atoms with Crippen molar-refractivity contribution >= 4 is 11.6 Å². The molecule has 1 amide bonds. The first-order valence-corrected chi connectivity index (χ1v) is 8.00. The number of anilines is 1.